The number of nitrogens with zero attached hydrogens (tertiary/aromatic N) is 1. The summed E-state index contributed by atoms with van der Waals surface area (Å²) in [5.74, 6) is -0.953. The van der Waals surface area contributed by atoms with Crippen molar-refractivity contribution in [1.29, 1.82) is 0 Å². The molecule has 0 aliphatic carbocycles. The summed E-state index contributed by atoms with van der Waals surface area (Å²) in [5.41, 5.74) is 1.88. The van der Waals surface area contributed by atoms with Gasteiger partial charge in [-0.1, -0.05) is 20.8 Å². The molecule has 0 fully saturated rings. The average molecular weight is 267 g/mol. The molecule has 0 bridgehead atoms. The maximum atomic E-state index is 11.0. The molecule has 0 atom stereocenters. The van der Waals surface area contributed by atoms with Crippen LogP contribution in [0.3, 0.4) is 0 Å². The lowest BCUT2D eigenvalue weighted by Crippen LogP contribution is -2.19. The van der Waals surface area contributed by atoms with Gasteiger partial charge in [0.2, 0.25) is 0 Å². The van der Waals surface area contributed by atoms with Gasteiger partial charge in [0.1, 0.15) is 0 Å². The largest absolute Gasteiger partial charge is 0.478 e. The third-order valence-electron chi connectivity index (χ3n) is 2.50. The summed E-state index contributed by atoms with van der Waals surface area (Å²) in [7, 11) is -1.13. The Bertz CT molecular complexity index is 438. The van der Waals surface area contributed by atoms with Crippen LogP contribution in [0.1, 0.15) is 42.4 Å². The van der Waals surface area contributed by atoms with Crippen molar-refractivity contribution < 1.29 is 14.3 Å². The van der Waals surface area contributed by atoms with Crippen LogP contribution in [-0.2, 0) is 16.4 Å². The van der Waals surface area contributed by atoms with Gasteiger partial charge in [-0.25, -0.2) is 4.79 Å². The van der Waals surface area contributed by atoms with Crippen LogP contribution >= 0.6 is 0 Å². The molecule has 0 saturated carbocycles. The van der Waals surface area contributed by atoms with E-state index in [-0.39, 0.29) is 11.0 Å². The van der Waals surface area contributed by atoms with Gasteiger partial charge in [0, 0.05) is 11.6 Å². The van der Waals surface area contributed by atoms with Gasteiger partial charge in [0.15, 0.2) is 9.04 Å². The summed E-state index contributed by atoms with van der Waals surface area (Å²) < 4.78 is 5.70. The molecule has 18 heavy (non-hydrogen) atoms. The van der Waals surface area contributed by atoms with Gasteiger partial charge in [-0.3, -0.25) is 4.98 Å². The van der Waals surface area contributed by atoms with Gasteiger partial charge in [-0.05, 0) is 24.7 Å². The van der Waals surface area contributed by atoms with Gasteiger partial charge in [-0.15, -0.1) is 0 Å². The van der Waals surface area contributed by atoms with E-state index in [2.05, 4.69) is 38.8 Å². The summed E-state index contributed by atoms with van der Waals surface area (Å²) in [6.07, 6.45) is 1.42. The zero-order chi connectivity index (χ0) is 13.9. The molecule has 5 heteroatoms. The Hall–Kier alpha value is -1.20. The molecule has 0 unspecified atom stereocenters. The molecule has 0 aromatic carbocycles. The van der Waals surface area contributed by atoms with Gasteiger partial charge < -0.3 is 9.53 Å². The molecular formula is C13H21NO3Si. The van der Waals surface area contributed by atoms with E-state index in [1.807, 2.05) is 0 Å². The zero-order valence-electron chi connectivity index (χ0n) is 11.7. The number of rotatable bonds is 4. The van der Waals surface area contributed by atoms with Gasteiger partial charge in [-0.2, -0.15) is 0 Å². The van der Waals surface area contributed by atoms with E-state index in [0.717, 1.165) is 11.3 Å². The smallest absolute Gasteiger partial charge is 0.337 e. The van der Waals surface area contributed by atoms with Crippen LogP contribution in [0.15, 0.2) is 12.3 Å². The van der Waals surface area contributed by atoms with Crippen LogP contribution in [-0.4, -0.2) is 25.1 Å². The van der Waals surface area contributed by atoms with E-state index in [1.54, 1.807) is 6.07 Å². The number of carboxylic acids is 1. The first-order chi connectivity index (χ1) is 8.21. The standard InChI is InChI=1S/C13H21NO3Si/c1-13(2,3)11-10(8-17-18(4)5)6-9(7-14-11)12(15)16/h6-7,18H,8H2,1-5H3,(H,15,16). The van der Waals surface area contributed by atoms with Crippen molar-refractivity contribution in [3.05, 3.63) is 29.1 Å². The number of carbonyl (C=O) groups is 1. The number of hydrogen-bond acceptors (Lipinski definition) is 3. The lowest BCUT2D eigenvalue weighted by molar-refractivity contribution is 0.0696. The van der Waals surface area contributed by atoms with Crippen LogP contribution in [0.5, 0.6) is 0 Å². The number of aromatic nitrogens is 1. The molecule has 0 aliphatic rings. The van der Waals surface area contributed by atoms with Crippen molar-refractivity contribution in [3.63, 3.8) is 0 Å². The van der Waals surface area contributed by atoms with E-state index >= 15 is 0 Å². The number of hydrogen-bond donors (Lipinski definition) is 1. The Balaban J connectivity index is 3.14. The Morgan fingerprint density at radius 2 is 2.06 bits per heavy atom. The Morgan fingerprint density at radius 1 is 1.44 bits per heavy atom. The molecule has 0 radical (unpaired) electrons. The molecule has 4 nitrogen and oxygen atoms in total. The summed E-state index contributed by atoms with van der Waals surface area (Å²) in [6, 6.07) is 1.67. The summed E-state index contributed by atoms with van der Waals surface area (Å²) in [6.45, 7) is 10.8. The van der Waals surface area contributed by atoms with Crippen molar-refractivity contribution in [2.24, 2.45) is 0 Å². The molecule has 0 saturated heterocycles. The molecule has 100 valence electrons. The lowest BCUT2D eigenvalue weighted by Gasteiger charge is -2.22. The number of aromatic carboxylic acids is 1. The van der Waals surface area contributed by atoms with Crippen molar-refractivity contribution >= 4 is 15.0 Å². The molecular weight excluding hydrogens is 246 g/mol. The topological polar surface area (TPSA) is 59.4 Å². The van der Waals surface area contributed by atoms with E-state index < -0.39 is 15.0 Å². The van der Waals surface area contributed by atoms with E-state index in [4.69, 9.17) is 9.53 Å². The van der Waals surface area contributed by atoms with Crippen LogP contribution in [0, 0.1) is 0 Å². The second-order valence-electron chi connectivity index (χ2n) is 5.65. The maximum absolute atomic E-state index is 11.0. The predicted molar refractivity (Wildman–Crippen MR) is 73.6 cm³/mol. The number of pyridine rings is 1. The van der Waals surface area contributed by atoms with E-state index in [9.17, 15) is 4.79 Å². The molecule has 1 aromatic rings. The SMILES string of the molecule is C[SiH](C)OCc1cc(C(=O)O)cnc1C(C)(C)C. The highest BCUT2D eigenvalue weighted by Crippen LogP contribution is 2.25. The average Bonchev–Trinajstić information content (AvgIpc) is 2.24. The minimum absolute atomic E-state index is 0.117. The van der Waals surface area contributed by atoms with Crippen molar-refractivity contribution in [1.82, 2.24) is 4.98 Å². The summed E-state index contributed by atoms with van der Waals surface area (Å²) >= 11 is 0. The molecule has 1 aromatic heterocycles. The normalized spacial score (nSPS) is 11.9. The third kappa shape index (κ3) is 3.92. The lowest BCUT2D eigenvalue weighted by atomic mass is 9.88. The van der Waals surface area contributed by atoms with Crippen molar-refractivity contribution in [2.75, 3.05) is 0 Å². The van der Waals surface area contributed by atoms with E-state index in [0.29, 0.717) is 6.61 Å². The quantitative estimate of drug-likeness (QED) is 0.852. The highest BCUT2D eigenvalue weighted by atomic mass is 28.3. The predicted octanol–water partition coefficient (Wildman–Crippen LogP) is 2.58. The Kier molecular flexibility index (Phi) is 4.64. The summed E-state index contributed by atoms with van der Waals surface area (Å²) in [4.78, 5) is 15.3. The first-order valence-corrected chi connectivity index (χ1v) is 8.84. The zero-order valence-corrected chi connectivity index (χ0v) is 12.8. The maximum Gasteiger partial charge on any atom is 0.337 e. The molecule has 1 N–H and O–H groups in total. The third-order valence-corrected chi connectivity index (χ3v) is 3.33. The van der Waals surface area contributed by atoms with Crippen LogP contribution in [0.4, 0.5) is 0 Å². The fraction of sp³-hybridized carbons (Fsp3) is 0.538. The van der Waals surface area contributed by atoms with Gasteiger partial charge in [0.25, 0.3) is 0 Å². The van der Waals surface area contributed by atoms with Crippen LogP contribution in [0.25, 0.3) is 0 Å². The van der Waals surface area contributed by atoms with Crippen molar-refractivity contribution in [3.8, 4) is 0 Å². The van der Waals surface area contributed by atoms with Crippen LogP contribution in [0.2, 0.25) is 13.1 Å². The van der Waals surface area contributed by atoms with E-state index in [1.165, 1.54) is 6.20 Å². The highest BCUT2D eigenvalue weighted by molar-refractivity contribution is 6.48. The van der Waals surface area contributed by atoms with Gasteiger partial charge >= 0.3 is 5.97 Å². The number of carboxylic acid groups (broad SMARTS) is 1. The molecule has 0 amide bonds. The summed E-state index contributed by atoms with van der Waals surface area (Å²) in [5, 5.41) is 9.01. The second-order valence-corrected chi connectivity index (χ2v) is 8.08. The van der Waals surface area contributed by atoms with Gasteiger partial charge in [0.05, 0.1) is 17.9 Å². The highest BCUT2D eigenvalue weighted by Gasteiger charge is 2.21. The first kappa shape index (κ1) is 14.9. The Morgan fingerprint density at radius 3 is 2.50 bits per heavy atom. The first-order valence-electron chi connectivity index (χ1n) is 6.06. The van der Waals surface area contributed by atoms with Crippen molar-refractivity contribution in [2.45, 2.75) is 45.9 Å². The molecule has 0 spiro atoms. The molecule has 1 heterocycles. The monoisotopic (exact) mass is 267 g/mol. The minimum Gasteiger partial charge on any atom is -0.478 e. The fourth-order valence-electron chi connectivity index (χ4n) is 1.67. The molecule has 0 aliphatic heterocycles. The second kappa shape index (κ2) is 5.62. The molecule has 1 rings (SSSR count). The van der Waals surface area contributed by atoms with Crippen LogP contribution < -0.4 is 0 Å². The Labute approximate surface area is 110 Å². The fourth-order valence-corrected chi connectivity index (χ4v) is 2.18. The minimum atomic E-state index is -1.13.